The molecule has 0 atom stereocenters. The Morgan fingerprint density at radius 1 is 0.465 bits per heavy atom. The number of nitrogens with one attached hydrogen (secondary N) is 2. The number of aromatic hydroxyl groups is 1. The van der Waals surface area contributed by atoms with Crippen LogP contribution in [0.15, 0.2) is 115 Å². The Labute approximate surface area is 246 Å². The summed E-state index contributed by atoms with van der Waals surface area (Å²) in [6.45, 7) is 0. The summed E-state index contributed by atoms with van der Waals surface area (Å²) in [4.78, 5) is 51.3. The quantitative estimate of drug-likeness (QED) is 0.121. The molecule has 43 heavy (non-hydrogen) atoms. The molecule has 0 saturated carbocycles. The second-order valence-corrected chi connectivity index (χ2v) is 9.70. The van der Waals surface area contributed by atoms with Gasteiger partial charge in [-0.25, -0.2) is 0 Å². The summed E-state index contributed by atoms with van der Waals surface area (Å²) in [6.07, 6.45) is 0. The average Bonchev–Trinajstić information content (AvgIpc) is 3.02. The van der Waals surface area contributed by atoms with Crippen molar-refractivity contribution in [2.75, 3.05) is 22.1 Å². The lowest BCUT2D eigenvalue weighted by atomic mass is 10.0. The molecule has 0 aliphatic heterocycles. The number of nitrogens with two attached hydrogens (primary N) is 2. The fourth-order valence-electron chi connectivity index (χ4n) is 4.27. The second-order valence-electron chi connectivity index (χ2n) is 9.70. The number of ketones is 2. The zero-order valence-corrected chi connectivity index (χ0v) is 22.7. The Bertz CT molecular complexity index is 1830. The highest BCUT2D eigenvalue weighted by molar-refractivity contribution is 6.12. The maximum Gasteiger partial charge on any atom is 0.259 e. The summed E-state index contributed by atoms with van der Waals surface area (Å²) in [5, 5.41) is 15.7. The molecule has 0 saturated heterocycles. The topological polar surface area (TPSA) is 165 Å². The van der Waals surface area contributed by atoms with Crippen molar-refractivity contribution >= 4 is 46.1 Å². The number of carbonyl (C=O) groups is 4. The monoisotopic (exact) mass is 570 g/mol. The van der Waals surface area contributed by atoms with Crippen LogP contribution in [0.2, 0.25) is 0 Å². The van der Waals surface area contributed by atoms with E-state index in [1.165, 1.54) is 18.2 Å². The summed E-state index contributed by atoms with van der Waals surface area (Å²) in [5.41, 5.74) is 15.2. The van der Waals surface area contributed by atoms with Gasteiger partial charge in [0.1, 0.15) is 5.75 Å². The number of phenolic OH excluding ortho intramolecular Hbond substituents is 1. The summed E-state index contributed by atoms with van der Waals surface area (Å²) in [7, 11) is 0. The molecule has 0 aliphatic rings. The van der Waals surface area contributed by atoms with E-state index in [0.717, 1.165) is 0 Å². The molecular weight excluding hydrogens is 544 g/mol. The van der Waals surface area contributed by atoms with Crippen LogP contribution in [0.5, 0.6) is 5.75 Å². The number of carbonyl (C=O) groups excluding carboxylic acids is 4. The van der Waals surface area contributed by atoms with Crippen LogP contribution in [-0.2, 0) is 0 Å². The Balaban J connectivity index is 1.24. The average molecular weight is 571 g/mol. The highest BCUT2D eigenvalue weighted by Gasteiger charge is 2.17. The van der Waals surface area contributed by atoms with E-state index < -0.39 is 11.8 Å². The van der Waals surface area contributed by atoms with Gasteiger partial charge in [-0.05, 0) is 115 Å². The van der Waals surface area contributed by atoms with Gasteiger partial charge in [-0.2, -0.15) is 0 Å². The van der Waals surface area contributed by atoms with Gasteiger partial charge in [0, 0.05) is 50.6 Å². The Hall–Kier alpha value is -6.22. The minimum Gasteiger partial charge on any atom is -0.507 e. The number of hydrogen-bond acceptors (Lipinski definition) is 7. The van der Waals surface area contributed by atoms with Crippen LogP contribution in [-0.4, -0.2) is 28.5 Å². The predicted molar refractivity (Wildman–Crippen MR) is 165 cm³/mol. The van der Waals surface area contributed by atoms with E-state index >= 15 is 0 Å². The molecule has 2 amide bonds. The molecule has 0 unspecified atom stereocenters. The molecule has 0 heterocycles. The third-order valence-corrected chi connectivity index (χ3v) is 6.66. The van der Waals surface area contributed by atoms with Crippen molar-refractivity contribution in [2.45, 2.75) is 0 Å². The molecule has 5 aromatic rings. The Kier molecular flexibility index (Phi) is 7.97. The van der Waals surface area contributed by atoms with Gasteiger partial charge in [-0.1, -0.05) is 0 Å². The lowest BCUT2D eigenvalue weighted by molar-refractivity contribution is 0.101. The number of benzene rings is 5. The summed E-state index contributed by atoms with van der Waals surface area (Å²) < 4.78 is 0. The number of amides is 2. The van der Waals surface area contributed by atoms with Gasteiger partial charge in [0.25, 0.3) is 11.8 Å². The van der Waals surface area contributed by atoms with E-state index in [1.54, 1.807) is 97.1 Å². The van der Waals surface area contributed by atoms with E-state index in [4.69, 9.17) is 11.5 Å². The van der Waals surface area contributed by atoms with Crippen molar-refractivity contribution in [3.63, 3.8) is 0 Å². The second kappa shape index (κ2) is 12.1. The number of hydrogen-bond donors (Lipinski definition) is 5. The van der Waals surface area contributed by atoms with Gasteiger partial charge < -0.3 is 27.2 Å². The third-order valence-electron chi connectivity index (χ3n) is 6.66. The standard InChI is InChI=1S/C34H26N4O5/c35-25-10-1-20(2-11-25)31(40)22-5-14-27(15-6-22)37-33(42)24-9-18-30(39)29(19-24)34(43)38-28-16-7-23(8-17-28)32(41)21-3-12-26(36)13-4-21/h1-19,39H,35-36H2,(H,37,42)(H,38,43). The van der Waals surface area contributed by atoms with Crippen LogP contribution in [0.25, 0.3) is 0 Å². The van der Waals surface area contributed by atoms with Crippen LogP contribution in [0.4, 0.5) is 22.7 Å². The number of phenols is 1. The summed E-state index contributed by atoms with van der Waals surface area (Å²) in [6, 6.07) is 29.7. The highest BCUT2D eigenvalue weighted by Crippen LogP contribution is 2.23. The first kappa shape index (κ1) is 28.3. The van der Waals surface area contributed by atoms with Gasteiger partial charge in [-0.3, -0.25) is 19.2 Å². The van der Waals surface area contributed by atoms with Gasteiger partial charge in [0.15, 0.2) is 11.6 Å². The van der Waals surface area contributed by atoms with Gasteiger partial charge in [0.2, 0.25) is 0 Å². The molecule has 0 bridgehead atoms. The fourth-order valence-corrected chi connectivity index (χ4v) is 4.27. The van der Waals surface area contributed by atoms with Crippen LogP contribution >= 0.6 is 0 Å². The maximum absolute atomic E-state index is 13.0. The molecule has 7 N–H and O–H groups in total. The van der Waals surface area contributed by atoms with Gasteiger partial charge >= 0.3 is 0 Å². The van der Waals surface area contributed by atoms with Crippen molar-refractivity contribution < 1.29 is 24.3 Å². The van der Waals surface area contributed by atoms with Crippen molar-refractivity contribution in [1.29, 1.82) is 0 Å². The maximum atomic E-state index is 13.0. The molecular formula is C34H26N4O5. The molecule has 0 aromatic heterocycles. The molecule has 0 fully saturated rings. The third kappa shape index (κ3) is 6.58. The first-order valence-corrected chi connectivity index (χ1v) is 13.1. The summed E-state index contributed by atoms with van der Waals surface area (Å²) >= 11 is 0. The van der Waals surface area contributed by atoms with Crippen molar-refractivity contribution in [3.8, 4) is 5.75 Å². The first-order chi connectivity index (χ1) is 20.7. The van der Waals surface area contributed by atoms with Crippen molar-refractivity contribution in [1.82, 2.24) is 0 Å². The van der Waals surface area contributed by atoms with E-state index in [0.29, 0.717) is 45.0 Å². The number of anilines is 4. The Morgan fingerprint density at radius 3 is 1.23 bits per heavy atom. The van der Waals surface area contributed by atoms with E-state index in [-0.39, 0.29) is 28.4 Å². The molecule has 9 nitrogen and oxygen atoms in total. The van der Waals surface area contributed by atoms with Crippen LogP contribution < -0.4 is 22.1 Å². The van der Waals surface area contributed by atoms with E-state index in [2.05, 4.69) is 10.6 Å². The lowest BCUT2D eigenvalue weighted by Crippen LogP contribution is -2.16. The molecule has 0 radical (unpaired) electrons. The molecule has 0 spiro atoms. The lowest BCUT2D eigenvalue weighted by Gasteiger charge is -2.11. The zero-order valence-electron chi connectivity index (χ0n) is 22.7. The zero-order chi connectivity index (χ0) is 30.5. The van der Waals surface area contributed by atoms with Crippen LogP contribution in [0, 0.1) is 0 Å². The fraction of sp³-hybridized carbons (Fsp3) is 0. The smallest absolute Gasteiger partial charge is 0.259 e. The summed E-state index contributed by atoms with van der Waals surface area (Å²) in [5.74, 6) is -1.85. The molecule has 5 aromatic carbocycles. The molecule has 9 heteroatoms. The minimum atomic E-state index is -0.643. The van der Waals surface area contributed by atoms with Crippen LogP contribution in [0.1, 0.15) is 52.6 Å². The molecule has 5 rings (SSSR count). The van der Waals surface area contributed by atoms with E-state index in [9.17, 15) is 24.3 Å². The van der Waals surface area contributed by atoms with Crippen molar-refractivity contribution in [3.05, 3.63) is 149 Å². The predicted octanol–water partition coefficient (Wildman–Crippen LogP) is 5.52. The van der Waals surface area contributed by atoms with Gasteiger partial charge in [-0.15, -0.1) is 0 Å². The first-order valence-electron chi connectivity index (χ1n) is 13.1. The van der Waals surface area contributed by atoms with Crippen LogP contribution in [0.3, 0.4) is 0 Å². The number of nitrogen functional groups attached to an aromatic ring is 2. The van der Waals surface area contributed by atoms with Crippen molar-refractivity contribution in [2.24, 2.45) is 0 Å². The Morgan fingerprint density at radius 2 is 0.814 bits per heavy atom. The SMILES string of the molecule is Nc1ccc(C(=O)c2ccc(NC(=O)c3ccc(O)c(C(=O)Nc4ccc(C(=O)c5ccc(N)cc5)cc4)c3)cc2)cc1. The normalized spacial score (nSPS) is 10.5. The minimum absolute atomic E-state index is 0.112. The van der Waals surface area contributed by atoms with E-state index in [1.807, 2.05) is 0 Å². The molecule has 212 valence electrons. The molecule has 0 aliphatic carbocycles. The largest absolute Gasteiger partial charge is 0.507 e. The number of rotatable bonds is 8. The highest BCUT2D eigenvalue weighted by atomic mass is 16.3. The van der Waals surface area contributed by atoms with Gasteiger partial charge in [0.05, 0.1) is 5.56 Å².